The zero-order chi connectivity index (χ0) is 46.3. The van der Waals surface area contributed by atoms with E-state index >= 15 is 0 Å². The molecule has 2 heterocycles. The van der Waals surface area contributed by atoms with Gasteiger partial charge in [0.05, 0.1) is 11.4 Å². The molecule has 356 valence electrons. The van der Waals surface area contributed by atoms with Crippen molar-refractivity contribution in [2.75, 3.05) is 13.2 Å². The van der Waals surface area contributed by atoms with Crippen LogP contribution in [-0.2, 0) is 24.0 Å². The zero-order valence-electron chi connectivity index (χ0n) is 40.3. The minimum absolute atomic E-state index is 0. The fraction of sp³-hybridized carbons (Fsp3) is 0.254. The minimum atomic E-state index is 0. The van der Waals surface area contributed by atoms with Crippen LogP contribution in [0.1, 0.15) is 89.3 Å². The van der Waals surface area contributed by atoms with Crippen LogP contribution in [0.3, 0.4) is 0 Å². The Morgan fingerprint density at radius 2 is 0.783 bits per heavy atom. The van der Waals surface area contributed by atoms with Crippen molar-refractivity contribution in [1.82, 2.24) is 9.97 Å². The van der Waals surface area contributed by atoms with Crippen LogP contribution < -0.4 is 17.0 Å². The van der Waals surface area contributed by atoms with E-state index in [1.807, 2.05) is 68.7 Å². The van der Waals surface area contributed by atoms with Gasteiger partial charge in [0, 0.05) is 41.2 Å². The second kappa shape index (κ2) is 37.2. The Kier molecular flexibility index (Phi) is 32.6. The first-order valence-corrected chi connectivity index (χ1v) is 24.7. The molecule has 0 aliphatic carbocycles. The quantitative estimate of drug-likeness (QED) is 0.0488. The average Bonchev–Trinajstić information content (AvgIpc) is 3.38. The van der Waals surface area contributed by atoms with Crippen LogP contribution in [0.15, 0.2) is 211 Å². The topological polar surface area (TPSA) is 35.0 Å². The molecule has 0 saturated heterocycles. The van der Waals surface area contributed by atoms with Crippen molar-refractivity contribution in [2.24, 2.45) is 0 Å². The molecule has 6 heteroatoms. The number of hydrogen-bond donors (Lipinski definition) is 0. The van der Waals surface area contributed by atoms with Gasteiger partial charge in [0.15, 0.2) is 0 Å². The Morgan fingerprint density at radius 1 is 0.406 bits per heavy atom. The molecular weight excluding hydrogens is 985 g/mol. The predicted octanol–water partition coefficient (Wildman–Crippen LogP) is 14.9. The van der Waals surface area contributed by atoms with Crippen molar-refractivity contribution in [3.8, 4) is 44.8 Å². The van der Waals surface area contributed by atoms with E-state index in [4.69, 9.17) is 4.74 Å². The van der Waals surface area contributed by atoms with Gasteiger partial charge >= 0.3 is 23.1 Å². The van der Waals surface area contributed by atoms with E-state index in [1.54, 1.807) is 0 Å². The Hall–Kier alpha value is -4.69. The van der Waals surface area contributed by atoms with Gasteiger partial charge in [-0.25, -0.2) is 0 Å². The predicted molar refractivity (Wildman–Crippen MR) is 299 cm³/mol. The van der Waals surface area contributed by atoms with Gasteiger partial charge in [-0.15, -0.1) is 0 Å². The van der Waals surface area contributed by atoms with E-state index in [-0.39, 0.29) is 47.5 Å². The molecule has 0 unspecified atom stereocenters. The molecule has 0 spiro atoms. The van der Waals surface area contributed by atoms with E-state index in [0.29, 0.717) is 0 Å². The van der Waals surface area contributed by atoms with Gasteiger partial charge in [0.25, 0.3) is 0 Å². The fourth-order valence-electron chi connectivity index (χ4n) is 7.55. The number of aromatic nitrogens is 2. The Balaban J connectivity index is 0.000000359. The maximum Gasteiger partial charge on any atom is 2.00 e. The SMILES string of the molecule is Brc1cccc(-c2cccc(-c3ccccn3)c2)c1.C.CCOCC.[Br-].[CH2-]CCCCCc1ccccc1.[Mg+2].c1ccc(CCCCCCc2cccc(-c3cccc(-c4ccccn4)c3)c2)cc1. The largest absolute Gasteiger partial charge is 2.00 e. The number of hydrogen-bond acceptors (Lipinski definition) is 3. The number of rotatable bonds is 18. The smallest absolute Gasteiger partial charge is 1.00 e. The number of ether oxygens (including phenoxy) is 1. The van der Waals surface area contributed by atoms with Gasteiger partial charge < -0.3 is 28.6 Å². The fourth-order valence-corrected chi connectivity index (χ4v) is 7.94. The van der Waals surface area contributed by atoms with Crippen molar-refractivity contribution < 1.29 is 21.7 Å². The number of benzene rings is 6. The van der Waals surface area contributed by atoms with Crippen LogP contribution in [0, 0.1) is 6.92 Å². The van der Waals surface area contributed by atoms with Gasteiger partial charge in [-0.05, 0) is 140 Å². The van der Waals surface area contributed by atoms with Crippen LogP contribution in [0.2, 0.25) is 0 Å². The van der Waals surface area contributed by atoms with Crippen molar-refractivity contribution in [1.29, 1.82) is 0 Å². The van der Waals surface area contributed by atoms with E-state index in [9.17, 15) is 0 Å². The summed E-state index contributed by atoms with van der Waals surface area (Å²) < 4.78 is 5.92. The number of halogens is 2. The molecule has 0 atom stereocenters. The molecule has 6 aromatic carbocycles. The van der Waals surface area contributed by atoms with Gasteiger partial charge in [-0.1, -0.05) is 195 Å². The number of unbranched alkanes of at least 4 members (excludes halogenated alkanes) is 6. The molecule has 0 saturated carbocycles. The third kappa shape index (κ3) is 23.6. The first-order valence-electron chi connectivity index (χ1n) is 23.9. The summed E-state index contributed by atoms with van der Waals surface area (Å²) in [5.41, 5.74) is 13.6. The van der Waals surface area contributed by atoms with Crippen molar-refractivity contribution >= 4 is 39.0 Å². The second-order valence-electron chi connectivity index (χ2n) is 16.1. The molecule has 0 radical (unpaired) electrons. The van der Waals surface area contributed by atoms with Gasteiger partial charge in [-0.3, -0.25) is 9.97 Å². The van der Waals surface area contributed by atoms with Crippen molar-refractivity contribution in [3.63, 3.8) is 0 Å². The van der Waals surface area contributed by atoms with Crippen LogP contribution in [-0.4, -0.2) is 46.2 Å². The maximum atomic E-state index is 4.83. The standard InChI is InChI=1S/C29H29N.C17H12BrN.C12H17.C4H10O.CH4.BrH.Mg/c1(4-12-24-13-6-3-7-14-24)2-5-15-25-16-10-17-26(22-25)27-18-11-19-28(23-27)29-20-8-9-21-30-29;18-16-8-4-6-14(12-16)13-5-3-7-15(11-13)17-9-1-2-10-19-17;1-2-3-4-6-9-12-10-7-5-8-11-12;1-3-5-4-2;;;/h3,6-11,13-14,16-23H,1-2,4-5,12,15H2;1-12H;5,7-8,10-11H,1-4,6,9H2;3-4H2,1-2H3;1H4;1H;/q;;-1;;;;+2/p-1. The molecule has 2 aromatic heterocycles. The molecule has 69 heavy (non-hydrogen) atoms. The summed E-state index contributed by atoms with van der Waals surface area (Å²) >= 11 is 3.51. The number of pyridine rings is 2. The van der Waals surface area contributed by atoms with Crippen molar-refractivity contribution in [3.05, 3.63) is 235 Å². The first-order chi connectivity index (χ1) is 32.6. The molecule has 0 aliphatic heterocycles. The number of nitrogens with zero attached hydrogens (tertiary/aromatic N) is 2. The molecule has 0 aliphatic rings. The third-order valence-electron chi connectivity index (χ3n) is 11.1. The van der Waals surface area contributed by atoms with E-state index in [0.717, 1.165) is 53.0 Å². The normalized spacial score (nSPS) is 9.91. The second-order valence-corrected chi connectivity index (χ2v) is 17.0. The van der Waals surface area contributed by atoms with Gasteiger partial charge in [-0.2, -0.15) is 6.42 Å². The molecule has 0 N–H and O–H groups in total. The molecular formula is C63H72Br2MgN2O. The third-order valence-corrected chi connectivity index (χ3v) is 11.5. The monoisotopic (exact) mass is 1050 g/mol. The summed E-state index contributed by atoms with van der Waals surface area (Å²) in [7, 11) is 0. The van der Waals surface area contributed by atoms with E-state index in [2.05, 4.69) is 184 Å². The minimum Gasteiger partial charge on any atom is -1.00 e. The molecule has 0 fully saturated rings. The molecule has 3 nitrogen and oxygen atoms in total. The molecule has 0 bridgehead atoms. The summed E-state index contributed by atoms with van der Waals surface area (Å²) in [5.74, 6) is 0. The first kappa shape index (κ1) is 60.4. The molecule has 0 amide bonds. The summed E-state index contributed by atoms with van der Waals surface area (Å²) in [6, 6.07) is 68.0. The van der Waals surface area contributed by atoms with Crippen LogP contribution in [0.25, 0.3) is 44.8 Å². The van der Waals surface area contributed by atoms with E-state index < -0.39 is 0 Å². The molecule has 8 aromatic rings. The Morgan fingerprint density at radius 3 is 1.20 bits per heavy atom. The van der Waals surface area contributed by atoms with Crippen LogP contribution in [0.5, 0.6) is 0 Å². The summed E-state index contributed by atoms with van der Waals surface area (Å²) in [4.78, 5) is 8.88. The summed E-state index contributed by atoms with van der Waals surface area (Å²) in [6.45, 7) is 9.50. The Labute approximate surface area is 451 Å². The Bertz CT molecular complexity index is 2490. The zero-order valence-corrected chi connectivity index (χ0v) is 44.9. The molecule has 8 rings (SSSR count). The summed E-state index contributed by atoms with van der Waals surface area (Å²) in [5, 5.41) is 0. The van der Waals surface area contributed by atoms with Gasteiger partial charge in [0.2, 0.25) is 0 Å². The summed E-state index contributed by atoms with van der Waals surface area (Å²) in [6.07, 6.45) is 17.4. The van der Waals surface area contributed by atoms with Gasteiger partial charge in [0.1, 0.15) is 0 Å². The van der Waals surface area contributed by atoms with Crippen molar-refractivity contribution in [2.45, 2.75) is 91.9 Å². The maximum absolute atomic E-state index is 4.83. The van der Waals surface area contributed by atoms with E-state index in [1.165, 1.54) is 96.7 Å². The average molecular weight is 1060 g/mol. The number of aryl methyl sites for hydroxylation is 3. The van der Waals surface area contributed by atoms with Crippen LogP contribution in [0.4, 0.5) is 0 Å². The van der Waals surface area contributed by atoms with Crippen LogP contribution >= 0.6 is 15.9 Å².